The first-order chi connectivity index (χ1) is 6.90. The summed E-state index contributed by atoms with van der Waals surface area (Å²) in [6.45, 7) is 0. The third-order valence-corrected chi connectivity index (χ3v) is 2.50. The van der Waals surface area contributed by atoms with E-state index in [-0.39, 0.29) is 4.88 Å². The molecule has 1 heterocycles. The van der Waals surface area contributed by atoms with Gasteiger partial charge < -0.3 is 0 Å². The number of hydrogen-bond donors (Lipinski definition) is 0. The maximum Gasteiger partial charge on any atom is 0.389 e. The van der Waals surface area contributed by atoms with Crippen molar-refractivity contribution in [2.45, 2.75) is 19.0 Å². The first-order valence-corrected chi connectivity index (χ1v) is 4.96. The van der Waals surface area contributed by atoms with Crippen molar-refractivity contribution >= 4 is 22.9 Å². The van der Waals surface area contributed by atoms with Crippen molar-refractivity contribution in [3.63, 3.8) is 0 Å². The molecule has 82 valence electrons. The Balaban J connectivity index is 2.52. The molecule has 0 aliphatic heterocycles. The van der Waals surface area contributed by atoms with Crippen molar-refractivity contribution in [3.05, 3.63) is 22.4 Å². The molecule has 0 aromatic carbocycles. The number of rotatable bonds is 4. The second-order valence-corrected chi connectivity index (χ2v) is 3.79. The van der Waals surface area contributed by atoms with Crippen LogP contribution in [0.25, 0.3) is 0 Å². The molecule has 0 saturated carbocycles. The van der Waals surface area contributed by atoms with Gasteiger partial charge in [0.15, 0.2) is 0 Å². The van der Waals surface area contributed by atoms with E-state index >= 15 is 0 Å². The lowest BCUT2D eigenvalue weighted by Crippen LogP contribution is -2.17. The van der Waals surface area contributed by atoms with E-state index in [0.29, 0.717) is 0 Å². The number of carbonyl (C=O) groups is 2. The fourth-order valence-corrected chi connectivity index (χ4v) is 1.60. The van der Waals surface area contributed by atoms with Crippen LogP contribution in [0.1, 0.15) is 22.5 Å². The van der Waals surface area contributed by atoms with Gasteiger partial charge in [-0.2, -0.15) is 13.2 Å². The standard InChI is InChI=1S/C9H7F3O2S/c10-9(11,12)4-3-6(13)8(14)7-2-1-5-15-7/h1-2,5H,3-4H2. The topological polar surface area (TPSA) is 34.1 Å². The predicted molar refractivity (Wildman–Crippen MR) is 48.9 cm³/mol. The Hall–Kier alpha value is -1.17. The van der Waals surface area contributed by atoms with E-state index in [4.69, 9.17) is 0 Å². The van der Waals surface area contributed by atoms with E-state index in [2.05, 4.69) is 0 Å². The minimum atomic E-state index is -4.40. The van der Waals surface area contributed by atoms with Crippen molar-refractivity contribution < 1.29 is 22.8 Å². The van der Waals surface area contributed by atoms with Crippen LogP contribution in [0.2, 0.25) is 0 Å². The number of alkyl halides is 3. The molecule has 0 bridgehead atoms. The molecule has 0 spiro atoms. The van der Waals surface area contributed by atoms with Crippen molar-refractivity contribution in [3.8, 4) is 0 Å². The van der Waals surface area contributed by atoms with E-state index in [9.17, 15) is 22.8 Å². The summed E-state index contributed by atoms with van der Waals surface area (Å²) in [5.74, 6) is -1.83. The summed E-state index contributed by atoms with van der Waals surface area (Å²) < 4.78 is 35.3. The largest absolute Gasteiger partial charge is 0.389 e. The van der Waals surface area contributed by atoms with Gasteiger partial charge in [-0.25, -0.2) is 0 Å². The third-order valence-electron chi connectivity index (χ3n) is 1.63. The summed E-state index contributed by atoms with van der Waals surface area (Å²) in [6, 6.07) is 2.98. The lowest BCUT2D eigenvalue weighted by Gasteiger charge is -2.03. The molecule has 0 amide bonds. The molecule has 0 atom stereocenters. The average molecular weight is 236 g/mol. The van der Waals surface area contributed by atoms with Gasteiger partial charge in [0.1, 0.15) is 0 Å². The second kappa shape index (κ2) is 4.57. The number of thiophene rings is 1. The van der Waals surface area contributed by atoms with Crippen molar-refractivity contribution in [2.75, 3.05) is 0 Å². The maximum absolute atomic E-state index is 11.8. The van der Waals surface area contributed by atoms with E-state index in [0.717, 1.165) is 11.3 Å². The minimum absolute atomic E-state index is 0.183. The molecule has 0 N–H and O–H groups in total. The van der Waals surface area contributed by atoms with Crippen molar-refractivity contribution in [2.24, 2.45) is 0 Å². The minimum Gasteiger partial charge on any atom is -0.290 e. The van der Waals surface area contributed by atoms with Gasteiger partial charge in [-0.1, -0.05) is 6.07 Å². The van der Waals surface area contributed by atoms with E-state index in [1.165, 1.54) is 6.07 Å². The Morgan fingerprint density at radius 1 is 1.33 bits per heavy atom. The highest BCUT2D eigenvalue weighted by molar-refractivity contribution is 7.13. The summed E-state index contributed by atoms with van der Waals surface area (Å²) in [5.41, 5.74) is 0. The molecule has 15 heavy (non-hydrogen) atoms. The lowest BCUT2D eigenvalue weighted by atomic mass is 10.1. The highest BCUT2D eigenvalue weighted by Crippen LogP contribution is 2.22. The van der Waals surface area contributed by atoms with Crippen LogP contribution in [-0.4, -0.2) is 17.7 Å². The monoisotopic (exact) mass is 236 g/mol. The Bertz CT molecular complexity index is 354. The summed E-state index contributed by atoms with van der Waals surface area (Å²) in [5, 5.41) is 1.59. The number of ketones is 2. The highest BCUT2D eigenvalue weighted by atomic mass is 32.1. The number of Topliss-reactive ketones (excluding diaryl/α,β-unsaturated/α-hetero) is 2. The Kier molecular flexibility index (Phi) is 3.62. The smallest absolute Gasteiger partial charge is 0.290 e. The first-order valence-electron chi connectivity index (χ1n) is 4.08. The van der Waals surface area contributed by atoms with Crippen LogP contribution in [0.4, 0.5) is 13.2 Å². The quantitative estimate of drug-likeness (QED) is 0.595. The Morgan fingerprint density at radius 2 is 2.00 bits per heavy atom. The van der Waals surface area contributed by atoms with Crippen LogP contribution in [0.15, 0.2) is 17.5 Å². The first kappa shape index (κ1) is 11.9. The Labute approximate surface area is 87.7 Å². The number of halogens is 3. The van der Waals surface area contributed by atoms with E-state index < -0.39 is 30.6 Å². The van der Waals surface area contributed by atoms with Gasteiger partial charge in [0.2, 0.25) is 11.6 Å². The van der Waals surface area contributed by atoms with Crippen LogP contribution in [0.5, 0.6) is 0 Å². The van der Waals surface area contributed by atoms with Gasteiger partial charge in [0.05, 0.1) is 11.3 Å². The van der Waals surface area contributed by atoms with Gasteiger partial charge in [-0.3, -0.25) is 9.59 Å². The molecule has 6 heteroatoms. The molecule has 0 aliphatic carbocycles. The highest BCUT2D eigenvalue weighted by Gasteiger charge is 2.29. The number of hydrogen-bond acceptors (Lipinski definition) is 3. The Morgan fingerprint density at radius 3 is 2.47 bits per heavy atom. The molecule has 0 fully saturated rings. The lowest BCUT2D eigenvalue weighted by molar-refractivity contribution is -0.141. The zero-order valence-corrected chi connectivity index (χ0v) is 8.32. The summed E-state index contributed by atoms with van der Waals surface area (Å²) >= 11 is 1.04. The van der Waals surface area contributed by atoms with Crippen LogP contribution in [-0.2, 0) is 4.79 Å². The molecule has 0 aliphatic rings. The van der Waals surface area contributed by atoms with Crippen LogP contribution in [0.3, 0.4) is 0 Å². The molecule has 1 aromatic heterocycles. The molecule has 2 nitrogen and oxygen atoms in total. The average Bonchev–Trinajstić information content (AvgIpc) is 2.64. The van der Waals surface area contributed by atoms with E-state index in [1.54, 1.807) is 11.4 Å². The van der Waals surface area contributed by atoms with Gasteiger partial charge in [0.25, 0.3) is 0 Å². The van der Waals surface area contributed by atoms with Crippen molar-refractivity contribution in [1.29, 1.82) is 0 Å². The van der Waals surface area contributed by atoms with Crippen LogP contribution < -0.4 is 0 Å². The van der Waals surface area contributed by atoms with Crippen LogP contribution >= 0.6 is 11.3 Å². The fourth-order valence-electron chi connectivity index (χ4n) is 0.914. The zero-order valence-electron chi connectivity index (χ0n) is 7.50. The third kappa shape index (κ3) is 3.83. The molecular weight excluding hydrogens is 229 g/mol. The van der Waals surface area contributed by atoms with Crippen molar-refractivity contribution in [1.82, 2.24) is 0 Å². The number of carbonyl (C=O) groups excluding carboxylic acids is 2. The van der Waals surface area contributed by atoms with Crippen LogP contribution in [0, 0.1) is 0 Å². The zero-order chi connectivity index (χ0) is 11.5. The maximum atomic E-state index is 11.8. The fraction of sp³-hybridized carbons (Fsp3) is 0.333. The normalized spacial score (nSPS) is 11.4. The van der Waals surface area contributed by atoms with Gasteiger partial charge in [0, 0.05) is 6.42 Å². The summed E-state index contributed by atoms with van der Waals surface area (Å²) in [4.78, 5) is 22.4. The predicted octanol–water partition coefficient (Wildman–Crippen LogP) is 2.84. The molecule has 1 aromatic rings. The van der Waals surface area contributed by atoms with Gasteiger partial charge in [-0.15, -0.1) is 11.3 Å². The molecule has 0 saturated heterocycles. The van der Waals surface area contributed by atoms with Gasteiger partial charge in [-0.05, 0) is 11.4 Å². The molecular formula is C9H7F3O2S. The SMILES string of the molecule is O=C(CCC(F)(F)F)C(=O)c1cccs1. The summed E-state index contributed by atoms with van der Waals surface area (Å²) in [6.07, 6.45) is -6.42. The van der Waals surface area contributed by atoms with E-state index in [1.807, 2.05) is 0 Å². The summed E-state index contributed by atoms with van der Waals surface area (Å²) in [7, 11) is 0. The molecule has 0 unspecified atom stereocenters. The molecule has 1 rings (SSSR count). The second-order valence-electron chi connectivity index (χ2n) is 2.84. The van der Waals surface area contributed by atoms with Gasteiger partial charge >= 0.3 is 6.18 Å². The molecule has 0 radical (unpaired) electrons.